The van der Waals surface area contributed by atoms with Crippen LogP contribution in [0.4, 0.5) is 0 Å². The van der Waals surface area contributed by atoms with Gasteiger partial charge in [0, 0.05) is 22.0 Å². The highest BCUT2D eigenvalue weighted by Crippen LogP contribution is 2.24. The minimum Gasteiger partial charge on any atom is -0.401 e. The first kappa shape index (κ1) is 16.1. The van der Waals surface area contributed by atoms with Gasteiger partial charge in [-0.05, 0) is 31.9 Å². The molecule has 4 heteroatoms. The van der Waals surface area contributed by atoms with E-state index in [0.717, 1.165) is 41.9 Å². The molecule has 0 aromatic heterocycles. The predicted molar refractivity (Wildman–Crippen MR) is 85.1 cm³/mol. The predicted octanol–water partition coefficient (Wildman–Crippen LogP) is 5.18. The molecule has 1 aromatic rings. The largest absolute Gasteiger partial charge is 0.401 e. The van der Waals surface area contributed by atoms with Crippen LogP contribution in [0.1, 0.15) is 45.6 Å². The van der Waals surface area contributed by atoms with Gasteiger partial charge in [-0.3, -0.25) is 4.99 Å². The van der Waals surface area contributed by atoms with Crippen LogP contribution in [-0.2, 0) is 0 Å². The second kappa shape index (κ2) is 7.56. The van der Waals surface area contributed by atoms with Crippen LogP contribution < -0.4 is 5.73 Å². The Morgan fingerprint density at radius 3 is 2.42 bits per heavy atom. The maximum absolute atomic E-state index is 6.25. The van der Waals surface area contributed by atoms with E-state index in [0.29, 0.717) is 10.0 Å². The molecule has 0 unspecified atom stereocenters. The van der Waals surface area contributed by atoms with Crippen molar-refractivity contribution in [3.05, 3.63) is 45.2 Å². The molecule has 104 valence electrons. The van der Waals surface area contributed by atoms with E-state index in [-0.39, 0.29) is 0 Å². The molecule has 2 N–H and O–H groups in total. The number of halogens is 2. The molecule has 0 heterocycles. The maximum atomic E-state index is 6.25. The molecule has 2 nitrogen and oxygen atoms in total. The summed E-state index contributed by atoms with van der Waals surface area (Å²) in [5.74, 6) is 0. The van der Waals surface area contributed by atoms with Gasteiger partial charge in [-0.25, -0.2) is 0 Å². The van der Waals surface area contributed by atoms with Crippen LogP contribution in [0, 0.1) is 0 Å². The Kier molecular flexibility index (Phi) is 6.40. The van der Waals surface area contributed by atoms with Crippen molar-refractivity contribution >= 4 is 28.9 Å². The van der Waals surface area contributed by atoms with Crippen LogP contribution in [0.3, 0.4) is 0 Å². The van der Waals surface area contributed by atoms with Crippen molar-refractivity contribution in [3.8, 4) is 0 Å². The first-order valence-electron chi connectivity index (χ1n) is 6.47. The van der Waals surface area contributed by atoms with E-state index in [9.17, 15) is 0 Å². The third-order valence-corrected chi connectivity index (χ3v) is 3.34. The van der Waals surface area contributed by atoms with Gasteiger partial charge in [0.1, 0.15) is 0 Å². The van der Waals surface area contributed by atoms with Crippen molar-refractivity contribution in [1.82, 2.24) is 0 Å². The molecular formula is C15H20Cl2N2. The number of hydrogen-bond acceptors (Lipinski definition) is 2. The summed E-state index contributed by atoms with van der Waals surface area (Å²) in [6.45, 7) is 6.03. The molecular weight excluding hydrogens is 279 g/mol. The molecule has 1 aromatic carbocycles. The molecule has 0 saturated carbocycles. The highest BCUT2D eigenvalue weighted by atomic mass is 35.5. The number of nitrogens with zero attached hydrogens (tertiary/aromatic N) is 1. The Morgan fingerprint density at radius 1 is 1.26 bits per heavy atom. The van der Waals surface area contributed by atoms with Gasteiger partial charge in [0.25, 0.3) is 0 Å². The fourth-order valence-electron chi connectivity index (χ4n) is 1.82. The summed E-state index contributed by atoms with van der Waals surface area (Å²) >= 11 is 12.2. The zero-order valence-corrected chi connectivity index (χ0v) is 13.1. The second-order valence-electron chi connectivity index (χ2n) is 4.42. The van der Waals surface area contributed by atoms with Gasteiger partial charge >= 0.3 is 0 Å². The van der Waals surface area contributed by atoms with Gasteiger partial charge < -0.3 is 5.73 Å². The van der Waals surface area contributed by atoms with Gasteiger partial charge in [-0.1, -0.05) is 49.5 Å². The average molecular weight is 299 g/mol. The smallest absolute Gasteiger partial charge is 0.0588 e. The molecule has 0 fully saturated rings. The van der Waals surface area contributed by atoms with Crippen molar-refractivity contribution in [3.63, 3.8) is 0 Å². The van der Waals surface area contributed by atoms with Gasteiger partial charge in [-0.15, -0.1) is 0 Å². The average Bonchev–Trinajstić information content (AvgIpc) is 2.34. The minimum absolute atomic E-state index is 0.629. The van der Waals surface area contributed by atoms with Crippen molar-refractivity contribution in [1.29, 1.82) is 0 Å². The molecule has 1 rings (SSSR count). The second-order valence-corrected chi connectivity index (χ2v) is 5.26. The molecule has 0 aliphatic carbocycles. The van der Waals surface area contributed by atoms with Crippen LogP contribution in [0.2, 0.25) is 10.0 Å². The molecule has 19 heavy (non-hydrogen) atoms. The quantitative estimate of drug-likeness (QED) is 0.747. The minimum atomic E-state index is 0.629. The van der Waals surface area contributed by atoms with Crippen molar-refractivity contribution in [2.24, 2.45) is 10.7 Å². The van der Waals surface area contributed by atoms with E-state index in [1.165, 1.54) is 0 Å². The summed E-state index contributed by atoms with van der Waals surface area (Å²) in [6, 6.07) is 5.49. The van der Waals surface area contributed by atoms with Gasteiger partial charge in [0.2, 0.25) is 0 Å². The van der Waals surface area contributed by atoms with Gasteiger partial charge in [-0.2, -0.15) is 0 Å². The van der Waals surface area contributed by atoms with Crippen molar-refractivity contribution in [2.75, 3.05) is 0 Å². The van der Waals surface area contributed by atoms with Crippen molar-refractivity contribution < 1.29 is 0 Å². The highest BCUT2D eigenvalue weighted by molar-refractivity contribution is 6.37. The zero-order chi connectivity index (χ0) is 14.4. The number of aliphatic imine (C=N–C) groups is 1. The number of hydrogen-bond donors (Lipinski definition) is 1. The molecule has 0 bridgehead atoms. The monoisotopic (exact) mass is 298 g/mol. The molecule has 0 aliphatic rings. The first-order chi connectivity index (χ1) is 8.99. The number of nitrogens with two attached hydrogens (primary N) is 1. The fraction of sp³-hybridized carbons (Fsp3) is 0.400. The Labute approximate surface area is 125 Å². The van der Waals surface area contributed by atoms with Crippen LogP contribution in [-0.4, -0.2) is 5.71 Å². The molecule has 0 radical (unpaired) electrons. The lowest BCUT2D eigenvalue weighted by Crippen LogP contribution is -2.05. The van der Waals surface area contributed by atoms with Crippen LogP contribution in [0.25, 0.3) is 0 Å². The Balaban J connectivity index is 3.27. The topological polar surface area (TPSA) is 38.4 Å². The van der Waals surface area contributed by atoms with E-state index in [4.69, 9.17) is 28.9 Å². The third kappa shape index (κ3) is 4.55. The van der Waals surface area contributed by atoms with Crippen LogP contribution in [0.15, 0.2) is 34.6 Å². The lowest BCUT2D eigenvalue weighted by atomic mass is 10.1. The summed E-state index contributed by atoms with van der Waals surface area (Å²) in [5, 5.41) is 1.26. The summed E-state index contributed by atoms with van der Waals surface area (Å²) in [4.78, 5) is 4.69. The standard InChI is InChI=1S/C15H20Cl2N2/c1-4-6-15(19-14(5-2)10(3)18)12-8-7-11(16)9-13(12)17/h7-9H,4-6,18H2,1-3H3/b14-10+,19-15?. The van der Waals surface area contributed by atoms with E-state index in [2.05, 4.69) is 11.9 Å². The van der Waals surface area contributed by atoms with Gasteiger partial charge in [0.15, 0.2) is 0 Å². The lowest BCUT2D eigenvalue weighted by Gasteiger charge is -2.10. The van der Waals surface area contributed by atoms with E-state index in [1.54, 1.807) is 6.07 Å². The maximum Gasteiger partial charge on any atom is 0.0588 e. The Morgan fingerprint density at radius 2 is 1.95 bits per heavy atom. The first-order valence-corrected chi connectivity index (χ1v) is 7.23. The summed E-state index contributed by atoms with van der Waals surface area (Å²) in [7, 11) is 0. The summed E-state index contributed by atoms with van der Waals surface area (Å²) in [6.07, 6.45) is 2.66. The van der Waals surface area contributed by atoms with Crippen molar-refractivity contribution in [2.45, 2.75) is 40.0 Å². The summed E-state index contributed by atoms with van der Waals surface area (Å²) in [5.41, 5.74) is 9.41. The van der Waals surface area contributed by atoms with E-state index >= 15 is 0 Å². The fourth-order valence-corrected chi connectivity index (χ4v) is 2.34. The number of rotatable bonds is 5. The lowest BCUT2D eigenvalue weighted by molar-refractivity contribution is 0.964. The van der Waals surface area contributed by atoms with E-state index < -0.39 is 0 Å². The van der Waals surface area contributed by atoms with Crippen LogP contribution in [0.5, 0.6) is 0 Å². The normalized spacial score (nSPS) is 13.4. The Hall–Kier alpha value is -0.990. The zero-order valence-electron chi connectivity index (χ0n) is 11.6. The molecule has 0 atom stereocenters. The van der Waals surface area contributed by atoms with Gasteiger partial charge in [0.05, 0.1) is 10.7 Å². The van der Waals surface area contributed by atoms with E-state index in [1.807, 2.05) is 26.0 Å². The number of benzene rings is 1. The molecule has 0 spiro atoms. The molecule has 0 saturated heterocycles. The highest BCUT2D eigenvalue weighted by Gasteiger charge is 2.09. The third-order valence-electron chi connectivity index (χ3n) is 2.79. The Bertz CT molecular complexity index is 501. The molecule has 0 amide bonds. The van der Waals surface area contributed by atoms with Crippen LogP contribution >= 0.6 is 23.2 Å². The molecule has 0 aliphatic heterocycles. The SMILES string of the molecule is CCCC(=N/C(CC)=C(\C)N)c1ccc(Cl)cc1Cl. The number of allylic oxidation sites excluding steroid dienone is 2. The summed E-state index contributed by atoms with van der Waals surface area (Å²) < 4.78 is 0.